The summed E-state index contributed by atoms with van der Waals surface area (Å²) in [5, 5.41) is 8.21. The number of carbonyl (C=O) groups excluding carboxylic acids is 1. The van der Waals surface area contributed by atoms with Crippen LogP contribution < -0.4 is 5.32 Å². The molecule has 1 N–H and O–H groups in total. The van der Waals surface area contributed by atoms with Gasteiger partial charge in [0.25, 0.3) is 5.91 Å². The average molecular weight is 211 g/mol. The molecule has 0 radical (unpaired) electrons. The van der Waals surface area contributed by atoms with Crippen LogP contribution in [-0.4, -0.2) is 28.8 Å². The van der Waals surface area contributed by atoms with Gasteiger partial charge in [-0.05, 0) is 0 Å². The molecule has 0 aliphatic heterocycles. The minimum atomic E-state index is -4.40. The molecule has 72 valence electrons. The van der Waals surface area contributed by atoms with Gasteiger partial charge in [0.1, 0.15) is 12.1 Å². The number of nitrogens with zero attached hydrogens (tertiary/aromatic N) is 2. The van der Waals surface area contributed by atoms with Crippen molar-refractivity contribution in [3.8, 4) is 0 Å². The second kappa shape index (κ2) is 3.69. The number of nitrogens with one attached hydrogen (secondary N) is 1. The van der Waals surface area contributed by atoms with Crippen molar-refractivity contribution in [2.45, 2.75) is 6.18 Å². The van der Waals surface area contributed by atoms with Gasteiger partial charge in [0.2, 0.25) is 5.01 Å². The van der Waals surface area contributed by atoms with E-state index in [0.29, 0.717) is 0 Å². The molecule has 0 saturated carbocycles. The molecule has 1 aromatic rings. The van der Waals surface area contributed by atoms with Gasteiger partial charge in [-0.25, -0.2) is 0 Å². The highest BCUT2D eigenvalue weighted by molar-refractivity contribution is 7.11. The van der Waals surface area contributed by atoms with Crippen molar-refractivity contribution in [3.05, 3.63) is 10.5 Å². The number of rotatable bonds is 2. The van der Waals surface area contributed by atoms with E-state index in [1.54, 1.807) is 5.32 Å². The maximum absolute atomic E-state index is 11.6. The Balaban J connectivity index is 2.44. The summed E-state index contributed by atoms with van der Waals surface area (Å²) in [6.07, 6.45) is -4.40. The Morgan fingerprint density at radius 3 is 2.77 bits per heavy atom. The summed E-state index contributed by atoms with van der Waals surface area (Å²) in [4.78, 5) is 10.8. The number of hydrogen-bond acceptors (Lipinski definition) is 4. The Morgan fingerprint density at radius 2 is 2.31 bits per heavy atom. The number of alkyl halides is 3. The molecular formula is C5H4F3N3OS. The third kappa shape index (κ3) is 3.36. The number of amides is 1. The molecule has 1 amide bonds. The second-order valence-electron chi connectivity index (χ2n) is 2.04. The highest BCUT2D eigenvalue weighted by Crippen LogP contribution is 2.12. The topological polar surface area (TPSA) is 54.9 Å². The van der Waals surface area contributed by atoms with E-state index in [1.807, 2.05) is 0 Å². The lowest BCUT2D eigenvalue weighted by atomic mass is 10.5. The number of aromatic nitrogens is 2. The molecule has 13 heavy (non-hydrogen) atoms. The van der Waals surface area contributed by atoms with Gasteiger partial charge in [0, 0.05) is 0 Å². The number of carbonyl (C=O) groups is 1. The lowest BCUT2D eigenvalue weighted by molar-refractivity contribution is -0.123. The first-order valence-electron chi connectivity index (χ1n) is 3.10. The standard InChI is InChI=1S/C5H4F3N3OS/c6-5(7,8)1-9-3(12)4-11-10-2-13-4/h2H,1H2,(H,9,12). The maximum atomic E-state index is 11.6. The van der Waals surface area contributed by atoms with Gasteiger partial charge in [-0.1, -0.05) is 11.3 Å². The molecule has 0 aromatic carbocycles. The number of halogens is 3. The van der Waals surface area contributed by atoms with Crippen molar-refractivity contribution < 1.29 is 18.0 Å². The Kier molecular flexibility index (Phi) is 2.81. The molecule has 0 bridgehead atoms. The van der Waals surface area contributed by atoms with E-state index in [0.717, 1.165) is 11.3 Å². The van der Waals surface area contributed by atoms with Crippen molar-refractivity contribution in [2.24, 2.45) is 0 Å². The second-order valence-corrected chi connectivity index (χ2v) is 2.87. The summed E-state index contributed by atoms with van der Waals surface area (Å²) in [7, 11) is 0. The lowest BCUT2D eigenvalue weighted by Crippen LogP contribution is -2.33. The minimum Gasteiger partial charge on any atom is -0.341 e. The van der Waals surface area contributed by atoms with Gasteiger partial charge in [-0.2, -0.15) is 13.2 Å². The molecule has 0 saturated heterocycles. The zero-order valence-corrected chi connectivity index (χ0v) is 6.95. The summed E-state index contributed by atoms with van der Waals surface area (Å²) < 4.78 is 34.8. The van der Waals surface area contributed by atoms with Crippen LogP contribution in [0.2, 0.25) is 0 Å². The molecule has 0 spiro atoms. The van der Waals surface area contributed by atoms with Gasteiger partial charge in [-0.3, -0.25) is 4.79 Å². The fourth-order valence-electron chi connectivity index (χ4n) is 0.528. The van der Waals surface area contributed by atoms with Crippen LogP contribution in [0.3, 0.4) is 0 Å². The van der Waals surface area contributed by atoms with Gasteiger partial charge < -0.3 is 5.32 Å². The zero-order valence-electron chi connectivity index (χ0n) is 6.13. The lowest BCUT2D eigenvalue weighted by Gasteiger charge is -2.05. The third-order valence-electron chi connectivity index (χ3n) is 1.00. The summed E-state index contributed by atoms with van der Waals surface area (Å²) in [5.41, 5.74) is 1.27. The summed E-state index contributed by atoms with van der Waals surface area (Å²) in [6, 6.07) is 0. The Hall–Kier alpha value is -1.18. The van der Waals surface area contributed by atoms with Crippen LogP contribution in [0.1, 0.15) is 9.80 Å². The molecule has 0 aliphatic carbocycles. The third-order valence-corrected chi connectivity index (χ3v) is 1.69. The van der Waals surface area contributed by atoms with E-state index in [2.05, 4.69) is 10.2 Å². The number of hydrogen-bond donors (Lipinski definition) is 1. The zero-order chi connectivity index (χ0) is 9.90. The van der Waals surface area contributed by atoms with Gasteiger partial charge in [-0.15, -0.1) is 10.2 Å². The monoisotopic (exact) mass is 211 g/mol. The highest BCUT2D eigenvalue weighted by atomic mass is 32.1. The van der Waals surface area contributed by atoms with E-state index < -0.39 is 18.6 Å². The van der Waals surface area contributed by atoms with Gasteiger partial charge >= 0.3 is 6.18 Å². The predicted octanol–water partition coefficient (Wildman–Crippen LogP) is 0.830. The Morgan fingerprint density at radius 1 is 1.62 bits per heavy atom. The van der Waals surface area contributed by atoms with E-state index in [-0.39, 0.29) is 5.01 Å². The van der Waals surface area contributed by atoms with Gasteiger partial charge in [0.05, 0.1) is 0 Å². The molecule has 0 unspecified atom stereocenters. The van der Waals surface area contributed by atoms with E-state index in [9.17, 15) is 18.0 Å². The van der Waals surface area contributed by atoms with Crippen LogP contribution in [0.5, 0.6) is 0 Å². The van der Waals surface area contributed by atoms with Gasteiger partial charge in [0.15, 0.2) is 0 Å². The average Bonchev–Trinajstić information content (AvgIpc) is 2.50. The fraction of sp³-hybridized carbons (Fsp3) is 0.400. The molecular weight excluding hydrogens is 207 g/mol. The van der Waals surface area contributed by atoms with E-state index in [1.165, 1.54) is 5.51 Å². The van der Waals surface area contributed by atoms with Crippen molar-refractivity contribution in [1.82, 2.24) is 15.5 Å². The van der Waals surface area contributed by atoms with Crippen molar-refractivity contribution in [2.75, 3.05) is 6.54 Å². The summed E-state index contributed by atoms with van der Waals surface area (Å²) in [5.74, 6) is -0.861. The predicted molar refractivity (Wildman–Crippen MR) is 38.3 cm³/mol. The van der Waals surface area contributed by atoms with Crippen LogP contribution in [0, 0.1) is 0 Å². The smallest absolute Gasteiger partial charge is 0.341 e. The first-order chi connectivity index (χ1) is 5.99. The minimum absolute atomic E-state index is 0.0794. The fourth-order valence-corrected chi connectivity index (χ4v) is 0.996. The molecule has 8 heteroatoms. The van der Waals surface area contributed by atoms with Crippen LogP contribution >= 0.6 is 11.3 Å². The SMILES string of the molecule is O=C(NCC(F)(F)F)c1nncs1. The quantitative estimate of drug-likeness (QED) is 0.788. The molecule has 0 fully saturated rings. The molecule has 1 aromatic heterocycles. The summed E-state index contributed by atoms with van der Waals surface area (Å²) in [6.45, 7) is -1.36. The first-order valence-corrected chi connectivity index (χ1v) is 3.98. The molecule has 0 atom stereocenters. The van der Waals surface area contributed by atoms with Crippen LogP contribution in [0.25, 0.3) is 0 Å². The molecule has 4 nitrogen and oxygen atoms in total. The molecule has 1 heterocycles. The van der Waals surface area contributed by atoms with Crippen LogP contribution in [-0.2, 0) is 0 Å². The molecule has 0 aliphatic rings. The normalized spacial score (nSPS) is 11.3. The van der Waals surface area contributed by atoms with E-state index >= 15 is 0 Å². The molecule has 1 rings (SSSR count). The largest absolute Gasteiger partial charge is 0.405 e. The Labute approximate surface area is 74.8 Å². The van der Waals surface area contributed by atoms with Crippen molar-refractivity contribution >= 4 is 17.2 Å². The van der Waals surface area contributed by atoms with Crippen LogP contribution in [0.15, 0.2) is 5.51 Å². The highest BCUT2D eigenvalue weighted by Gasteiger charge is 2.28. The van der Waals surface area contributed by atoms with E-state index in [4.69, 9.17) is 0 Å². The van der Waals surface area contributed by atoms with Crippen molar-refractivity contribution in [1.29, 1.82) is 0 Å². The maximum Gasteiger partial charge on any atom is 0.405 e. The van der Waals surface area contributed by atoms with Crippen molar-refractivity contribution in [3.63, 3.8) is 0 Å². The Bertz CT molecular complexity index is 284. The summed E-state index contributed by atoms with van der Waals surface area (Å²) >= 11 is 0.880. The first kappa shape index (κ1) is 9.90. The van der Waals surface area contributed by atoms with Crippen LogP contribution in [0.4, 0.5) is 13.2 Å².